The number of anilines is 1. The van der Waals surface area contributed by atoms with E-state index in [0.29, 0.717) is 16.9 Å². The third-order valence-corrected chi connectivity index (χ3v) is 10.9. The molecule has 1 amide bonds. The van der Waals surface area contributed by atoms with E-state index in [0.717, 1.165) is 10.9 Å². The molecule has 0 radical (unpaired) electrons. The van der Waals surface area contributed by atoms with Gasteiger partial charge in [0.25, 0.3) is 5.56 Å². The summed E-state index contributed by atoms with van der Waals surface area (Å²) in [5, 5.41) is 3.17. The number of imidazole rings is 1. The van der Waals surface area contributed by atoms with Crippen molar-refractivity contribution in [2.24, 2.45) is 5.92 Å². The number of phosphoric ester groups is 1. The number of ether oxygens (including phenoxy) is 2. The molecule has 3 aliphatic rings. The summed E-state index contributed by atoms with van der Waals surface area (Å²) in [6, 6.07) is 11.0. The Kier molecular flexibility index (Phi) is 8.28. The summed E-state index contributed by atoms with van der Waals surface area (Å²) < 4.78 is 54.6. The van der Waals surface area contributed by atoms with E-state index in [1.807, 2.05) is 30.3 Å². The molecule has 19 heteroatoms. The van der Waals surface area contributed by atoms with Gasteiger partial charge in [-0.3, -0.25) is 23.2 Å². The molecule has 4 aromatic heterocycles. The summed E-state index contributed by atoms with van der Waals surface area (Å²) in [6.45, 7) is 3.60. The Bertz CT molecular complexity index is 2440. The third-order valence-electron chi connectivity index (χ3n) is 9.70. The van der Waals surface area contributed by atoms with Crippen LogP contribution in [0.1, 0.15) is 50.1 Å². The summed E-state index contributed by atoms with van der Waals surface area (Å²) in [5.41, 5.74) is 0.206. The van der Waals surface area contributed by atoms with Crippen LogP contribution in [0.2, 0.25) is 5.28 Å². The molecule has 3 aliphatic heterocycles. The van der Waals surface area contributed by atoms with Crippen LogP contribution >= 0.6 is 19.4 Å². The average molecular weight is 754 g/mol. The number of amides is 1. The van der Waals surface area contributed by atoms with Crippen molar-refractivity contribution in [2.45, 2.75) is 64.4 Å². The number of cyclic esters (lactones) is 1. The maximum Gasteiger partial charge on any atom is 0.473 e. The Morgan fingerprint density at radius 1 is 1.23 bits per heavy atom. The third kappa shape index (κ3) is 5.50. The SMILES string of the molecule is CC[C@@]1(OP(=O)(O)OC[C@H]2O[C@@H](n3cnc4c(NC(C)=O)nc(Cl)nc43)[C@H](F)[C@@H]2C)C(=O)OCc2c1cc1n(c2=O)Cc2cc3ccccc3nc2-1. The first-order valence-corrected chi connectivity index (χ1v) is 18.2. The van der Waals surface area contributed by atoms with E-state index in [1.165, 1.54) is 29.3 Å². The minimum atomic E-state index is -5.14. The smallest absolute Gasteiger partial charge is 0.458 e. The average Bonchev–Trinajstić information content (AvgIpc) is 3.77. The van der Waals surface area contributed by atoms with E-state index < -0.39 is 61.9 Å². The first-order chi connectivity index (χ1) is 24.8. The highest BCUT2D eigenvalue weighted by atomic mass is 35.5. The maximum absolute atomic E-state index is 15.8. The Labute approximate surface area is 298 Å². The first kappa shape index (κ1) is 34.4. The molecule has 1 fully saturated rings. The van der Waals surface area contributed by atoms with Crippen molar-refractivity contribution in [2.75, 3.05) is 11.9 Å². The van der Waals surface area contributed by atoms with Gasteiger partial charge in [0.15, 0.2) is 29.4 Å². The molecule has 16 nitrogen and oxygen atoms in total. The number of para-hydroxylation sites is 1. The Hall–Kier alpha value is -4.64. The van der Waals surface area contributed by atoms with Gasteiger partial charge in [-0.25, -0.2) is 23.7 Å². The van der Waals surface area contributed by atoms with Crippen molar-refractivity contribution < 1.29 is 42.0 Å². The second-order valence-corrected chi connectivity index (χ2v) is 14.5. The number of fused-ring (bicyclic) bond motifs is 6. The summed E-state index contributed by atoms with van der Waals surface area (Å²) in [5.74, 6) is -2.26. The number of rotatable bonds is 8. The maximum atomic E-state index is 15.8. The van der Waals surface area contributed by atoms with Gasteiger partial charge in [0.2, 0.25) is 16.8 Å². The van der Waals surface area contributed by atoms with Gasteiger partial charge in [0, 0.05) is 29.4 Å². The lowest BCUT2D eigenvalue weighted by Crippen LogP contribution is -2.46. The molecule has 0 aliphatic carbocycles. The van der Waals surface area contributed by atoms with Crippen molar-refractivity contribution >= 4 is 59.2 Å². The molecule has 1 saturated heterocycles. The van der Waals surface area contributed by atoms with Crippen molar-refractivity contribution in [3.63, 3.8) is 0 Å². The number of nitrogens with zero attached hydrogens (tertiary/aromatic N) is 6. The molecule has 8 rings (SSSR count). The standard InChI is InChI=1S/C33H30ClFN7O9P/c1-4-33(20-10-22-25-18(9-17-7-5-6-8-21(17)38-25)11-41(22)29(44)19(20)12-48-31(33)45)51-52(46,47)49-13-23-15(2)24(35)30(50-23)42-14-36-26-27(37-16(3)43)39-32(34)40-28(26)42/h5-10,14-15,23-24,30H,4,11-13H2,1-3H3,(H,46,47)(H,37,39,40,43)/t15-,23-,24-,30-,33+/m1/s1. The van der Waals surface area contributed by atoms with Gasteiger partial charge in [-0.15, -0.1) is 0 Å². The number of hydrogen-bond donors (Lipinski definition) is 2. The van der Waals surface area contributed by atoms with Gasteiger partial charge < -0.3 is 24.3 Å². The second kappa shape index (κ2) is 12.5. The molecule has 7 heterocycles. The van der Waals surface area contributed by atoms with Crippen molar-refractivity contribution in [1.29, 1.82) is 0 Å². The molecule has 6 atom stereocenters. The van der Waals surface area contributed by atoms with Crippen LogP contribution < -0.4 is 10.9 Å². The fourth-order valence-electron chi connectivity index (χ4n) is 7.04. The Morgan fingerprint density at radius 2 is 2.02 bits per heavy atom. The molecule has 270 valence electrons. The van der Waals surface area contributed by atoms with E-state index in [2.05, 4.69) is 20.3 Å². The molecule has 1 aromatic carbocycles. The number of nitrogens with one attached hydrogen (secondary N) is 1. The lowest BCUT2D eigenvalue weighted by molar-refractivity contribution is -0.171. The zero-order valence-electron chi connectivity index (χ0n) is 27.8. The molecule has 52 heavy (non-hydrogen) atoms. The number of alkyl halides is 1. The monoisotopic (exact) mass is 753 g/mol. The van der Waals surface area contributed by atoms with Gasteiger partial charge in [-0.2, -0.15) is 9.97 Å². The summed E-state index contributed by atoms with van der Waals surface area (Å²) in [6.07, 6.45) is -3.01. The molecule has 2 N–H and O–H groups in total. The van der Waals surface area contributed by atoms with Crippen molar-refractivity contribution in [3.05, 3.63) is 75.1 Å². The van der Waals surface area contributed by atoms with Gasteiger partial charge >= 0.3 is 13.8 Å². The summed E-state index contributed by atoms with van der Waals surface area (Å²) >= 11 is 6.06. The van der Waals surface area contributed by atoms with E-state index in [4.69, 9.17) is 35.1 Å². The fourth-order valence-corrected chi connectivity index (χ4v) is 8.29. The highest BCUT2D eigenvalue weighted by Gasteiger charge is 2.53. The topological polar surface area (TPSA) is 199 Å². The minimum absolute atomic E-state index is 0.0234. The predicted molar refractivity (Wildman–Crippen MR) is 182 cm³/mol. The lowest BCUT2D eigenvalue weighted by Gasteiger charge is -2.36. The molecular formula is C33H30ClFN7O9P. The second-order valence-electron chi connectivity index (χ2n) is 12.8. The molecule has 1 unspecified atom stereocenters. The lowest BCUT2D eigenvalue weighted by atomic mass is 9.86. The van der Waals surface area contributed by atoms with Crippen molar-refractivity contribution in [3.8, 4) is 11.4 Å². The van der Waals surface area contributed by atoms with Crippen LogP contribution in [-0.2, 0) is 51.4 Å². The number of esters is 1. The molecular weight excluding hydrogens is 724 g/mol. The van der Waals surface area contributed by atoms with Gasteiger partial charge in [-0.05, 0) is 36.2 Å². The largest absolute Gasteiger partial charge is 0.473 e. The van der Waals surface area contributed by atoms with E-state index >= 15 is 4.39 Å². The highest BCUT2D eigenvalue weighted by Crippen LogP contribution is 2.54. The van der Waals surface area contributed by atoms with E-state index in [1.54, 1.807) is 13.0 Å². The number of pyridine rings is 2. The summed E-state index contributed by atoms with van der Waals surface area (Å²) in [4.78, 5) is 67.1. The number of halogens is 2. The van der Waals surface area contributed by atoms with Crippen LogP contribution in [0.25, 0.3) is 33.5 Å². The summed E-state index contributed by atoms with van der Waals surface area (Å²) in [7, 11) is -5.14. The number of hydrogen-bond acceptors (Lipinski definition) is 12. The fraction of sp³-hybridized carbons (Fsp3) is 0.364. The molecule has 0 spiro atoms. The zero-order valence-corrected chi connectivity index (χ0v) is 29.4. The zero-order chi connectivity index (χ0) is 36.7. The number of carbonyl (C=O) groups is 2. The van der Waals surface area contributed by atoms with Crippen molar-refractivity contribution in [1.82, 2.24) is 29.1 Å². The van der Waals surface area contributed by atoms with Crippen LogP contribution in [-0.4, -0.2) is 64.7 Å². The van der Waals surface area contributed by atoms with Crippen LogP contribution in [0.3, 0.4) is 0 Å². The minimum Gasteiger partial charge on any atom is -0.458 e. The number of carbonyl (C=O) groups excluding carboxylic acids is 2. The number of benzene rings is 1. The van der Waals surface area contributed by atoms with E-state index in [-0.39, 0.29) is 53.0 Å². The van der Waals surface area contributed by atoms with Gasteiger partial charge in [0.05, 0.1) is 48.1 Å². The van der Waals surface area contributed by atoms with E-state index in [9.17, 15) is 23.8 Å². The molecule has 5 aromatic rings. The molecule has 0 bridgehead atoms. The van der Waals surface area contributed by atoms with Crippen LogP contribution in [0.5, 0.6) is 0 Å². The van der Waals surface area contributed by atoms with Crippen LogP contribution in [0, 0.1) is 5.92 Å². The Balaban J connectivity index is 1.06. The Morgan fingerprint density at radius 3 is 2.79 bits per heavy atom. The normalized spacial score (nSPS) is 24.7. The number of phosphoric acid groups is 1. The predicted octanol–water partition coefficient (Wildman–Crippen LogP) is 4.54. The quantitative estimate of drug-likeness (QED) is 0.125. The van der Waals surface area contributed by atoms with Crippen LogP contribution in [0.4, 0.5) is 10.2 Å². The van der Waals surface area contributed by atoms with Crippen LogP contribution in [0.15, 0.2) is 47.5 Å². The van der Waals surface area contributed by atoms with Gasteiger partial charge in [0.1, 0.15) is 6.61 Å². The van der Waals surface area contributed by atoms with Gasteiger partial charge in [-0.1, -0.05) is 32.0 Å². The first-order valence-electron chi connectivity index (χ1n) is 16.3. The highest BCUT2D eigenvalue weighted by molar-refractivity contribution is 7.47. The molecule has 0 saturated carbocycles. The number of aromatic nitrogens is 6.